The van der Waals surface area contributed by atoms with Crippen molar-refractivity contribution in [2.75, 3.05) is 26.2 Å². The fraction of sp³-hybridized carbons (Fsp3) is 0.359. The molecule has 3 aromatic carbocycles. The number of likely N-dealkylation sites (tertiary alicyclic amines) is 1. The van der Waals surface area contributed by atoms with E-state index in [4.69, 9.17) is 9.47 Å². The molecule has 1 fully saturated rings. The van der Waals surface area contributed by atoms with E-state index >= 15 is 8.78 Å². The molecule has 0 radical (unpaired) electrons. The van der Waals surface area contributed by atoms with E-state index in [0.29, 0.717) is 10.6 Å². The smallest absolute Gasteiger partial charge is 0.416 e. The summed E-state index contributed by atoms with van der Waals surface area (Å²) in [6, 6.07) is 3.21. The van der Waals surface area contributed by atoms with E-state index < -0.39 is 94.1 Å². The molecule has 1 aromatic heterocycles. The van der Waals surface area contributed by atoms with Crippen molar-refractivity contribution in [3.8, 4) is 22.6 Å². The summed E-state index contributed by atoms with van der Waals surface area (Å²) in [5, 5.41) is 2.47. The Morgan fingerprint density at radius 2 is 1.64 bits per heavy atom. The number of nitrogens with zero attached hydrogens (tertiary/aromatic N) is 2. The summed E-state index contributed by atoms with van der Waals surface area (Å²) < 4.78 is 142. The molecule has 2 aliphatic rings. The summed E-state index contributed by atoms with van der Waals surface area (Å²) in [6.07, 6.45) is -11.5. The molecule has 6 rings (SSSR count). The van der Waals surface area contributed by atoms with Gasteiger partial charge in [0.25, 0.3) is 5.56 Å². The van der Waals surface area contributed by atoms with Crippen LogP contribution >= 0.6 is 0 Å². The van der Waals surface area contributed by atoms with Gasteiger partial charge in [0.2, 0.25) is 5.91 Å². The first-order valence-electron chi connectivity index (χ1n) is 17.4. The zero-order chi connectivity index (χ0) is 40.9. The van der Waals surface area contributed by atoms with E-state index in [0.717, 1.165) is 30.5 Å². The lowest BCUT2D eigenvalue weighted by Gasteiger charge is -2.34. The number of esters is 1. The van der Waals surface area contributed by atoms with Gasteiger partial charge in [0.1, 0.15) is 35.3 Å². The van der Waals surface area contributed by atoms with Crippen LogP contribution in [0.2, 0.25) is 0 Å². The Bertz CT molecular complexity index is 2250. The highest BCUT2D eigenvalue weighted by molar-refractivity contribution is 5.85. The molecule has 2 aliphatic heterocycles. The number of pyridine rings is 1. The van der Waals surface area contributed by atoms with Crippen molar-refractivity contribution in [3.05, 3.63) is 116 Å². The van der Waals surface area contributed by atoms with Crippen LogP contribution in [0, 0.1) is 25.5 Å². The van der Waals surface area contributed by atoms with Crippen molar-refractivity contribution in [1.82, 2.24) is 14.8 Å². The van der Waals surface area contributed by atoms with Crippen LogP contribution in [0.5, 0.6) is 11.5 Å². The van der Waals surface area contributed by atoms with Crippen molar-refractivity contribution in [2.45, 2.75) is 64.2 Å². The number of carbonyl (C=O) groups is 2. The number of rotatable bonds is 7. The number of benzene rings is 3. The summed E-state index contributed by atoms with van der Waals surface area (Å²) in [7, 11) is 0. The number of nitrogens with one attached hydrogen (secondary N) is 1. The third-order valence-corrected chi connectivity index (χ3v) is 9.66. The SMILES string of the molecule is CCOC(=O)C[C@@H]1NC(=O)[C@@H](n2cc(CCN3CC(F)C3)c(C(F)(F)F)cc2=O)c2cc(ccc2F)Oc2cc(C(F)(F)F)cc(C)c2-c2cc(C)c(F)c1c2. The van der Waals surface area contributed by atoms with Crippen molar-refractivity contribution in [2.24, 2.45) is 0 Å². The summed E-state index contributed by atoms with van der Waals surface area (Å²) >= 11 is 0. The van der Waals surface area contributed by atoms with E-state index in [2.05, 4.69) is 5.32 Å². The first-order chi connectivity index (χ1) is 26.2. The summed E-state index contributed by atoms with van der Waals surface area (Å²) in [5.74, 6) is -5.08. The van der Waals surface area contributed by atoms with Crippen LogP contribution in [0.25, 0.3) is 11.1 Å². The Morgan fingerprint density at radius 1 is 0.929 bits per heavy atom. The predicted octanol–water partition coefficient (Wildman–Crippen LogP) is 8.15. The van der Waals surface area contributed by atoms with Gasteiger partial charge in [-0.05, 0) is 91.9 Å². The summed E-state index contributed by atoms with van der Waals surface area (Å²) in [4.78, 5) is 42.5. The lowest BCUT2D eigenvalue weighted by atomic mass is 9.91. The highest BCUT2D eigenvalue weighted by atomic mass is 19.4. The summed E-state index contributed by atoms with van der Waals surface area (Å²) in [6.45, 7) is 3.92. The Morgan fingerprint density at radius 3 is 2.29 bits per heavy atom. The Hall–Kier alpha value is -5.32. The molecule has 2 atom stereocenters. The quantitative estimate of drug-likeness (QED) is 0.150. The number of halogens is 9. The van der Waals surface area contributed by atoms with Crippen LogP contribution in [-0.2, 0) is 33.1 Å². The van der Waals surface area contributed by atoms with Crippen molar-refractivity contribution >= 4 is 11.9 Å². The van der Waals surface area contributed by atoms with Gasteiger partial charge in [0.15, 0.2) is 0 Å². The number of aromatic nitrogens is 1. The molecule has 1 N–H and O–H groups in total. The van der Waals surface area contributed by atoms with Gasteiger partial charge in [-0.25, -0.2) is 13.2 Å². The number of fused-ring (bicyclic) bond motifs is 6. The minimum Gasteiger partial charge on any atom is -0.466 e. The number of alkyl halides is 7. The van der Waals surface area contributed by atoms with Crippen LogP contribution in [0.4, 0.5) is 39.5 Å². The lowest BCUT2D eigenvalue weighted by Crippen LogP contribution is -2.49. The molecule has 0 saturated carbocycles. The molecule has 3 heterocycles. The van der Waals surface area contributed by atoms with Gasteiger partial charge in [-0.2, -0.15) is 26.3 Å². The Balaban J connectivity index is 1.62. The number of amides is 1. The van der Waals surface area contributed by atoms with Crippen LogP contribution in [-0.4, -0.2) is 53.8 Å². The third-order valence-electron chi connectivity index (χ3n) is 9.66. The van der Waals surface area contributed by atoms with E-state index in [-0.39, 0.29) is 72.3 Å². The molecule has 17 heteroatoms. The zero-order valence-corrected chi connectivity index (χ0v) is 30.0. The molecule has 8 nitrogen and oxygen atoms in total. The maximum atomic E-state index is 16.2. The van der Waals surface area contributed by atoms with Crippen molar-refractivity contribution in [1.29, 1.82) is 0 Å². The maximum Gasteiger partial charge on any atom is 0.416 e. The van der Waals surface area contributed by atoms with Gasteiger partial charge in [0, 0.05) is 48.6 Å². The molecule has 1 amide bonds. The second-order valence-electron chi connectivity index (χ2n) is 13.7. The lowest BCUT2D eigenvalue weighted by molar-refractivity contribution is -0.144. The van der Waals surface area contributed by atoms with Crippen LogP contribution in [0.1, 0.15) is 64.4 Å². The second kappa shape index (κ2) is 15.3. The normalized spacial score (nSPS) is 17.8. The fourth-order valence-electron chi connectivity index (χ4n) is 7.00. The predicted molar refractivity (Wildman–Crippen MR) is 184 cm³/mol. The van der Waals surface area contributed by atoms with Gasteiger partial charge in [-0.3, -0.25) is 23.9 Å². The largest absolute Gasteiger partial charge is 0.466 e. The minimum absolute atomic E-state index is 0.0249. The third kappa shape index (κ3) is 8.27. The van der Waals surface area contributed by atoms with E-state index in [1.165, 1.54) is 37.8 Å². The topological polar surface area (TPSA) is 89.9 Å². The molecule has 0 aliphatic carbocycles. The highest BCUT2D eigenvalue weighted by Crippen LogP contribution is 2.44. The molecule has 0 spiro atoms. The van der Waals surface area contributed by atoms with Crippen LogP contribution in [0.15, 0.2) is 59.5 Å². The van der Waals surface area contributed by atoms with Gasteiger partial charge in [0.05, 0.1) is 30.2 Å². The summed E-state index contributed by atoms with van der Waals surface area (Å²) in [5.41, 5.74) is -5.27. The molecule has 4 bridgehead atoms. The molecule has 1 saturated heterocycles. The minimum atomic E-state index is -5.05. The molecular formula is C39H34F9N3O5. The first-order valence-corrected chi connectivity index (χ1v) is 17.4. The monoisotopic (exact) mass is 795 g/mol. The fourth-order valence-corrected chi connectivity index (χ4v) is 7.00. The Kier molecular flexibility index (Phi) is 11.0. The van der Waals surface area contributed by atoms with Gasteiger partial charge < -0.3 is 14.8 Å². The molecule has 56 heavy (non-hydrogen) atoms. The second-order valence-corrected chi connectivity index (χ2v) is 13.7. The van der Waals surface area contributed by atoms with E-state index in [1.54, 1.807) is 0 Å². The number of carbonyl (C=O) groups excluding carboxylic acids is 2. The maximum absolute atomic E-state index is 16.2. The van der Waals surface area contributed by atoms with Crippen molar-refractivity contribution in [3.63, 3.8) is 0 Å². The van der Waals surface area contributed by atoms with Crippen molar-refractivity contribution < 1.29 is 58.6 Å². The highest BCUT2D eigenvalue weighted by Gasteiger charge is 2.38. The van der Waals surface area contributed by atoms with E-state index in [1.807, 2.05) is 0 Å². The number of hydrogen-bond acceptors (Lipinski definition) is 6. The number of hydrogen-bond donors (Lipinski definition) is 1. The number of ether oxygens (including phenoxy) is 2. The molecular weight excluding hydrogens is 761 g/mol. The molecule has 0 unspecified atom stereocenters. The standard InChI is InChI=1S/C39H34F9N3O5/c1-4-55-33(53)15-30-27-11-22(9-20(3)35(27)42)34-19(2)10-23(38(43,44)45)12-31(34)56-25-5-6-29(41)26(13-25)36(37(54)49-30)51-16-21(7-8-50-17-24(40)18-50)28(14-32(51)52)39(46,47)48/h5-6,9-14,16,24,30,36H,4,7-8,15,17-18H2,1-3H3,(H,49,54)/t30-,36-/m0/s1. The average Bonchev–Trinajstić information content (AvgIpc) is 3.08. The zero-order valence-electron chi connectivity index (χ0n) is 30.0. The van der Waals surface area contributed by atoms with Gasteiger partial charge in [-0.1, -0.05) is 0 Å². The average molecular weight is 796 g/mol. The Labute approximate surface area is 313 Å². The molecule has 298 valence electrons. The molecule has 4 aromatic rings. The number of aryl methyl sites for hydroxylation is 2. The van der Waals surface area contributed by atoms with Gasteiger partial charge in [-0.15, -0.1) is 0 Å². The first kappa shape index (κ1) is 40.3. The van der Waals surface area contributed by atoms with Crippen LogP contribution < -0.4 is 15.6 Å². The van der Waals surface area contributed by atoms with E-state index in [9.17, 15) is 45.1 Å². The van der Waals surface area contributed by atoms with Crippen LogP contribution in [0.3, 0.4) is 0 Å². The van der Waals surface area contributed by atoms with Gasteiger partial charge >= 0.3 is 18.3 Å².